The smallest absolute Gasteiger partial charge is 0.305 e. The van der Waals surface area contributed by atoms with E-state index >= 15 is 0 Å². The highest BCUT2D eigenvalue weighted by molar-refractivity contribution is 5.77. The molecular weight excluding hydrogens is 472 g/mol. The van der Waals surface area contributed by atoms with Gasteiger partial charge in [-0.2, -0.15) is 0 Å². The second-order valence-corrected chi connectivity index (χ2v) is 12.1. The van der Waals surface area contributed by atoms with Gasteiger partial charge in [0.2, 0.25) is 5.91 Å². The molecule has 0 aliphatic heterocycles. The molecule has 38 heavy (non-hydrogen) atoms. The fourth-order valence-electron chi connectivity index (χ4n) is 5.93. The van der Waals surface area contributed by atoms with Crippen LogP contribution in [0.3, 0.4) is 0 Å². The maximum absolute atomic E-state index is 12.0. The standard InChI is InChI=1S/C21H33NO3.C12H23N/c1-17(2)15-19(16-21(24)25)22-20(23)14-10-5-3-4-7-11-18-12-8-6-9-13-18;1-3-7-11(8-4-1)13-12-9-5-2-6-10-12/h6,8-9,12-13,17,19H,3-5,7,10-11,14-16H2,1-2H3,(H,22,23)(H,24,25);11-13H,1-10H2/t19-;/m1./s1. The van der Waals surface area contributed by atoms with E-state index in [9.17, 15) is 9.59 Å². The Labute approximate surface area is 232 Å². The summed E-state index contributed by atoms with van der Waals surface area (Å²) in [5.74, 6) is -0.505. The molecule has 0 spiro atoms. The predicted molar refractivity (Wildman–Crippen MR) is 158 cm³/mol. The van der Waals surface area contributed by atoms with Crippen LogP contribution in [0.15, 0.2) is 30.3 Å². The molecule has 0 saturated heterocycles. The van der Waals surface area contributed by atoms with Crippen LogP contribution >= 0.6 is 0 Å². The maximum atomic E-state index is 12.0. The number of carbonyl (C=O) groups excluding carboxylic acids is 1. The van der Waals surface area contributed by atoms with Gasteiger partial charge in [-0.1, -0.05) is 102 Å². The van der Waals surface area contributed by atoms with Gasteiger partial charge in [-0.05, 0) is 62.8 Å². The van der Waals surface area contributed by atoms with E-state index in [0.29, 0.717) is 18.8 Å². The zero-order valence-corrected chi connectivity index (χ0v) is 24.4. The van der Waals surface area contributed by atoms with Gasteiger partial charge in [0, 0.05) is 24.5 Å². The van der Waals surface area contributed by atoms with E-state index in [1.165, 1.54) is 82.6 Å². The fraction of sp³-hybridized carbons (Fsp3) is 0.758. The van der Waals surface area contributed by atoms with Crippen molar-refractivity contribution in [3.8, 4) is 0 Å². The van der Waals surface area contributed by atoms with E-state index in [0.717, 1.165) is 37.8 Å². The van der Waals surface area contributed by atoms with Crippen LogP contribution in [0.2, 0.25) is 0 Å². The third kappa shape index (κ3) is 16.2. The van der Waals surface area contributed by atoms with Gasteiger partial charge < -0.3 is 15.7 Å². The Balaban J connectivity index is 0.000000323. The van der Waals surface area contributed by atoms with Gasteiger partial charge in [-0.15, -0.1) is 0 Å². The number of benzene rings is 1. The molecule has 1 aromatic rings. The minimum atomic E-state index is -0.857. The molecule has 5 heteroatoms. The quantitative estimate of drug-likeness (QED) is 0.203. The highest BCUT2D eigenvalue weighted by atomic mass is 16.4. The van der Waals surface area contributed by atoms with Gasteiger partial charge in [0.15, 0.2) is 0 Å². The first kappa shape index (κ1) is 32.3. The van der Waals surface area contributed by atoms with Gasteiger partial charge in [0.25, 0.3) is 0 Å². The van der Waals surface area contributed by atoms with Crippen molar-refractivity contribution in [3.05, 3.63) is 35.9 Å². The van der Waals surface area contributed by atoms with Crippen molar-refractivity contribution in [1.82, 2.24) is 10.6 Å². The van der Waals surface area contributed by atoms with Crippen molar-refractivity contribution in [3.63, 3.8) is 0 Å². The Morgan fingerprint density at radius 2 is 1.37 bits per heavy atom. The first-order valence-corrected chi connectivity index (χ1v) is 15.7. The normalized spacial score (nSPS) is 17.4. The molecule has 2 aliphatic carbocycles. The van der Waals surface area contributed by atoms with Gasteiger partial charge >= 0.3 is 5.97 Å². The number of rotatable bonds is 15. The number of aliphatic carboxylic acids is 1. The average molecular weight is 529 g/mol. The molecular formula is C33H56N2O3. The van der Waals surface area contributed by atoms with E-state index in [2.05, 4.69) is 34.9 Å². The van der Waals surface area contributed by atoms with Gasteiger partial charge in [0.1, 0.15) is 0 Å². The largest absolute Gasteiger partial charge is 0.481 e. The van der Waals surface area contributed by atoms with E-state index < -0.39 is 5.97 Å². The molecule has 5 nitrogen and oxygen atoms in total. The summed E-state index contributed by atoms with van der Waals surface area (Å²) < 4.78 is 0. The number of carboxylic acid groups (broad SMARTS) is 1. The molecule has 0 heterocycles. The van der Waals surface area contributed by atoms with Crippen molar-refractivity contribution >= 4 is 11.9 Å². The van der Waals surface area contributed by atoms with E-state index in [4.69, 9.17) is 5.11 Å². The lowest BCUT2D eigenvalue weighted by Crippen LogP contribution is -2.40. The minimum Gasteiger partial charge on any atom is -0.481 e. The summed E-state index contributed by atoms with van der Waals surface area (Å²) in [4.78, 5) is 22.9. The Kier molecular flexibility index (Phi) is 17.1. The van der Waals surface area contributed by atoms with E-state index in [1.807, 2.05) is 19.9 Å². The number of hydrogen-bond acceptors (Lipinski definition) is 3. The van der Waals surface area contributed by atoms with E-state index in [-0.39, 0.29) is 18.4 Å². The van der Waals surface area contributed by atoms with Crippen molar-refractivity contribution in [2.45, 2.75) is 154 Å². The zero-order chi connectivity index (χ0) is 27.4. The molecule has 0 bridgehead atoms. The summed E-state index contributed by atoms with van der Waals surface area (Å²) in [5, 5.41) is 15.7. The van der Waals surface area contributed by atoms with Crippen molar-refractivity contribution in [2.24, 2.45) is 5.92 Å². The molecule has 2 aliphatic rings. The van der Waals surface area contributed by atoms with Crippen LogP contribution in [-0.4, -0.2) is 35.1 Å². The summed E-state index contributed by atoms with van der Waals surface area (Å²) in [6.07, 6.45) is 22.3. The molecule has 1 amide bonds. The second-order valence-electron chi connectivity index (χ2n) is 12.1. The van der Waals surface area contributed by atoms with Crippen LogP contribution in [0.1, 0.15) is 135 Å². The van der Waals surface area contributed by atoms with Crippen LogP contribution in [0.25, 0.3) is 0 Å². The monoisotopic (exact) mass is 528 g/mol. The zero-order valence-electron chi connectivity index (χ0n) is 24.4. The lowest BCUT2D eigenvalue weighted by molar-refractivity contribution is -0.137. The third-order valence-electron chi connectivity index (χ3n) is 7.94. The Morgan fingerprint density at radius 1 is 0.816 bits per heavy atom. The van der Waals surface area contributed by atoms with Crippen molar-refractivity contribution < 1.29 is 14.7 Å². The van der Waals surface area contributed by atoms with Crippen LogP contribution in [0.5, 0.6) is 0 Å². The lowest BCUT2D eigenvalue weighted by Gasteiger charge is -2.30. The fourth-order valence-corrected chi connectivity index (χ4v) is 5.93. The molecule has 2 fully saturated rings. The number of amides is 1. The highest BCUT2D eigenvalue weighted by Crippen LogP contribution is 2.22. The summed E-state index contributed by atoms with van der Waals surface area (Å²) in [6.45, 7) is 4.08. The van der Waals surface area contributed by atoms with Gasteiger partial charge in [-0.25, -0.2) is 0 Å². The van der Waals surface area contributed by atoms with Crippen LogP contribution in [0.4, 0.5) is 0 Å². The third-order valence-corrected chi connectivity index (χ3v) is 7.94. The number of aryl methyl sites for hydroxylation is 1. The topological polar surface area (TPSA) is 78.4 Å². The molecule has 3 N–H and O–H groups in total. The number of hydrogen-bond donors (Lipinski definition) is 3. The lowest BCUT2D eigenvalue weighted by atomic mass is 9.91. The number of unbranched alkanes of at least 4 members (excludes halogenated alkanes) is 4. The number of carbonyl (C=O) groups is 2. The van der Waals surface area contributed by atoms with E-state index in [1.54, 1.807) is 0 Å². The SMILES string of the molecule is C1CCC(NC2CCCCC2)CC1.CC(C)C[C@H](CC(=O)O)NC(=O)CCCCCCCc1ccccc1. The Bertz CT molecular complexity index is 724. The maximum Gasteiger partial charge on any atom is 0.305 e. The number of nitrogens with one attached hydrogen (secondary N) is 2. The van der Waals surface area contributed by atoms with Crippen molar-refractivity contribution in [2.75, 3.05) is 0 Å². The average Bonchev–Trinajstić information content (AvgIpc) is 2.89. The molecule has 1 aromatic carbocycles. The second kappa shape index (κ2) is 20.1. The highest BCUT2D eigenvalue weighted by Gasteiger charge is 2.19. The minimum absolute atomic E-state index is 0.00338. The van der Waals surface area contributed by atoms with Crippen molar-refractivity contribution in [1.29, 1.82) is 0 Å². The number of carboxylic acids is 1. The summed E-state index contributed by atoms with van der Waals surface area (Å²) in [7, 11) is 0. The van der Waals surface area contributed by atoms with Crippen LogP contribution < -0.4 is 10.6 Å². The first-order valence-electron chi connectivity index (χ1n) is 15.7. The molecule has 0 radical (unpaired) electrons. The molecule has 216 valence electrons. The first-order chi connectivity index (χ1) is 18.4. The predicted octanol–water partition coefficient (Wildman–Crippen LogP) is 7.82. The molecule has 0 aromatic heterocycles. The molecule has 3 rings (SSSR count). The van der Waals surface area contributed by atoms with Crippen LogP contribution in [0, 0.1) is 5.92 Å². The Hall–Kier alpha value is -1.88. The van der Waals surface area contributed by atoms with Gasteiger partial charge in [-0.3, -0.25) is 9.59 Å². The summed E-state index contributed by atoms with van der Waals surface area (Å²) >= 11 is 0. The van der Waals surface area contributed by atoms with Gasteiger partial charge in [0.05, 0.1) is 6.42 Å². The molecule has 0 unspecified atom stereocenters. The molecule has 2 saturated carbocycles. The summed E-state index contributed by atoms with van der Waals surface area (Å²) in [5.41, 5.74) is 1.39. The molecule has 1 atom stereocenters. The van der Waals surface area contributed by atoms with Crippen LogP contribution in [-0.2, 0) is 16.0 Å². The Morgan fingerprint density at radius 3 is 1.92 bits per heavy atom. The summed E-state index contributed by atoms with van der Waals surface area (Å²) in [6, 6.07) is 12.0.